The number of nitriles is 1. The zero-order valence-corrected chi connectivity index (χ0v) is 9.15. The zero-order chi connectivity index (χ0) is 11.4. The zero-order valence-electron chi connectivity index (χ0n) is 9.15. The van der Waals surface area contributed by atoms with Gasteiger partial charge in [0.05, 0.1) is 12.6 Å². The van der Waals surface area contributed by atoms with Gasteiger partial charge in [0.25, 0.3) is 0 Å². The van der Waals surface area contributed by atoms with E-state index in [0.29, 0.717) is 6.54 Å². The van der Waals surface area contributed by atoms with Crippen molar-refractivity contribution in [2.75, 3.05) is 7.05 Å². The van der Waals surface area contributed by atoms with Crippen LogP contribution in [0.25, 0.3) is 0 Å². The van der Waals surface area contributed by atoms with Crippen molar-refractivity contribution in [3.8, 4) is 6.07 Å². The predicted octanol–water partition coefficient (Wildman–Crippen LogP) is 1.71. The van der Waals surface area contributed by atoms with Crippen molar-refractivity contribution in [2.45, 2.75) is 20.4 Å². The van der Waals surface area contributed by atoms with E-state index in [1.807, 2.05) is 25.1 Å². The standard InChI is InChI=1S/C11H14N2O2/c1-8(6-12)11(14)13(3)7-10-5-4-9(2)15-10/h4-5,8H,7H2,1-3H3. The van der Waals surface area contributed by atoms with Gasteiger partial charge < -0.3 is 9.32 Å². The number of amides is 1. The molecule has 0 fully saturated rings. The van der Waals surface area contributed by atoms with E-state index in [-0.39, 0.29) is 5.91 Å². The Bertz CT molecular complexity index is 390. The molecule has 15 heavy (non-hydrogen) atoms. The van der Waals surface area contributed by atoms with Gasteiger partial charge in [0, 0.05) is 7.05 Å². The Labute approximate surface area is 89.1 Å². The van der Waals surface area contributed by atoms with Crippen LogP contribution in [0.3, 0.4) is 0 Å². The van der Waals surface area contributed by atoms with Crippen LogP contribution in [-0.4, -0.2) is 17.9 Å². The first-order chi connectivity index (χ1) is 7.04. The first-order valence-electron chi connectivity index (χ1n) is 4.74. The van der Waals surface area contributed by atoms with Crippen molar-refractivity contribution in [2.24, 2.45) is 5.92 Å². The summed E-state index contributed by atoms with van der Waals surface area (Å²) in [5, 5.41) is 8.60. The van der Waals surface area contributed by atoms with Crippen LogP contribution in [0.15, 0.2) is 16.5 Å². The molecule has 0 aliphatic rings. The third-order valence-corrected chi connectivity index (χ3v) is 2.13. The molecular formula is C11H14N2O2. The summed E-state index contributed by atoms with van der Waals surface area (Å²) in [6, 6.07) is 5.59. The Balaban J connectivity index is 2.60. The summed E-state index contributed by atoms with van der Waals surface area (Å²) in [5.41, 5.74) is 0. The summed E-state index contributed by atoms with van der Waals surface area (Å²) in [4.78, 5) is 13.0. The number of hydrogen-bond donors (Lipinski definition) is 0. The minimum absolute atomic E-state index is 0.188. The molecule has 80 valence electrons. The van der Waals surface area contributed by atoms with E-state index in [9.17, 15) is 4.79 Å². The molecule has 1 atom stereocenters. The second-order valence-electron chi connectivity index (χ2n) is 3.56. The van der Waals surface area contributed by atoms with E-state index in [4.69, 9.17) is 9.68 Å². The molecule has 0 radical (unpaired) electrons. The maximum atomic E-state index is 11.5. The lowest BCUT2D eigenvalue weighted by Crippen LogP contribution is -2.30. The number of furan rings is 1. The third kappa shape index (κ3) is 2.84. The molecule has 1 unspecified atom stereocenters. The van der Waals surface area contributed by atoms with Gasteiger partial charge in [-0.1, -0.05) is 0 Å². The van der Waals surface area contributed by atoms with Gasteiger partial charge >= 0.3 is 0 Å². The van der Waals surface area contributed by atoms with Gasteiger partial charge in [-0.3, -0.25) is 4.79 Å². The summed E-state index contributed by atoms with van der Waals surface area (Å²) in [5.74, 6) is 0.755. The van der Waals surface area contributed by atoms with E-state index < -0.39 is 5.92 Å². The van der Waals surface area contributed by atoms with Gasteiger partial charge in [0.15, 0.2) is 0 Å². The number of rotatable bonds is 3. The summed E-state index contributed by atoms with van der Waals surface area (Å²) < 4.78 is 5.34. The molecule has 1 amide bonds. The van der Waals surface area contributed by atoms with Crippen molar-refractivity contribution >= 4 is 5.91 Å². The van der Waals surface area contributed by atoms with Crippen molar-refractivity contribution < 1.29 is 9.21 Å². The van der Waals surface area contributed by atoms with Crippen molar-refractivity contribution in [1.29, 1.82) is 5.26 Å². The molecule has 1 rings (SSSR count). The Morgan fingerprint density at radius 3 is 2.80 bits per heavy atom. The fourth-order valence-corrected chi connectivity index (χ4v) is 1.27. The topological polar surface area (TPSA) is 57.2 Å². The largest absolute Gasteiger partial charge is 0.464 e. The Kier molecular flexibility index (Phi) is 3.51. The lowest BCUT2D eigenvalue weighted by Gasteiger charge is -2.16. The lowest BCUT2D eigenvalue weighted by atomic mass is 10.2. The van der Waals surface area contributed by atoms with E-state index >= 15 is 0 Å². The van der Waals surface area contributed by atoms with Gasteiger partial charge in [-0.25, -0.2) is 0 Å². The Morgan fingerprint density at radius 2 is 2.33 bits per heavy atom. The van der Waals surface area contributed by atoms with Gasteiger partial charge in [-0.15, -0.1) is 0 Å². The molecule has 1 heterocycles. The van der Waals surface area contributed by atoms with Gasteiger partial charge in [0.2, 0.25) is 5.91 Å². The normalized spacial score (nSPS) is 11.9. The summed E-state index contributed by atoms with van der Waals surface area (Å²) in [7, 11) is 1.66. The Morgan fingerprint density at radius 1 is 1.67 bits per heavy atom. The predicted molar refractivity (Wildman–Crippen MR) is 54.7 cm³/mol. The van der Waals surface area contributed by atoms with E-state index in [2.05, 4.69) is 0 Å². The van der Waals surface area contributed by atoms with Gasteiger partial charge in [-0.05, 0) is 26.0 Å². The molecule has 4 nitrogen and oxygen atoms in total. The maximum Gasteiger partial charge on any atom is 0.239 e. The SMILES string of the molecule is Cc1ccc(CN(C)C(=O)C(C)C#N)o1. The highest BCUT2D eigenvalue weighted by Gasteiger charge is 2.17. The van der Waals surface area contributed by atoms with Crippen LogP contribution in [-0.2, 0) is 11.3 Å². The summed E-state index contributed by atoms with van der Waals surface area (Å²) >= 11 is 0. The van der Waals surface area contributed by atoms with Crippen LogP contribution < -0.4 is 0 Å². The number of carbonyl (C=O) groups is 1. The van der Waals surface area contributed by atoms with Crippen LogP contribution in [0.2, 0.25) is 0 Å². The molecule has 0 N–H and O–H groups in total. The highest BCUT2D eigenvalue weighted by atomic mass is 16.3. The molecule has 0 spiro atoms. The van der Waals surface area contributed by atoms with Crippen LogP contribution >= 0.6 is 0 Å². The fraction of sp³-hybridized carbons (Fsp3) is 0.455. The average Bonchev–Trinajstić information content (AvgIpc) is 2.61. The van der Waals surface area contributed by atoms with Gasteiger partial charge in [0.1, 0.15) is 17.4 Å². The lowest BCUT2D eigenvalue weighted by molar-refractivity contribution is -0.132. The van der Waals surface area contributed by atoms with Crippen molar-refractivity contribution in [3.05, 3.63) is 23.7 Å². The number of hydrogen-bond acceptors (Lipinski definition) is 3. The molecule has 0 aliphatic heterocycles. The van der Waals surface area contributed by atoms with E-state index in [0.717, 1.165) is 11.5 Å². The number of aryl methyl sites for hydroxylation is 1. The molecule has 0 saturated carbocycles. The minimum atomic E-state index is -0.606. The second-order valence-corrected chi connectivity index (χ2v) is 3.56. The average molecular weight is 206 g/mol. The van der Waals surface area contributed by atoms with Crippen LogP contribution in [0.1, 0.15) is 18.4 Å². The summed E-state index contributed by atoms with van der Waals surface area (Å²) in [6.07, 6.45) is 0. The third-order valence-electron chi connectivity index (χ3n) is 2.13. The number of nitrogens with zero attached hydrogens (tertiary/aromatic N) is 2. The second kappa shape index (κ2) is 4.65. The van der Waals surface area contributed by atoms with Crippen LogP contribution in [0, 0.1) is 24.2 Å². The molecule has 0 bridgehead atoms. The quantitative estimate of drug-likeness (QED) is 0.756. The maximum absolute atomic E-state index is 11.5. The molecule has 4 heteroatoms. The smallest absolute Gasteiger partial charge is 0.239 e. The Hall–Kier alpha value is -1.76. The molecule has 1 aromatic heterocycles. The number of carbonyl (C=O) groups excluding carboxylic acids is 1. The monoisotopic (exact) mass is 206 g/mol. The molecule has 0 saturated heterocycles. The molecular weight excluding hydrogens is 192 g/mol. The van der Waals surface area contributed by atoms with Crippen molar-refractivity contribution in [3.63, 3.8) is 0 Å². The molecule has 0 aliphatic carbocycles. The van der Waals surface area contributed by atoms with Gasteiger partial charge in [-0.2, -0.15) is 5.26 Å². The molecule has 0 aromatic carbocycles. The minimum Gasteiger partial charge on any atom is -0.464 e. The highest BCUT2D eigenvalue weighted by molar-refractivity contribution is 5.80. The van der Waals surface area contributed by atoms with E-state index in [1.165, 1.54) is 4.90 Å². The van der Waals surface area contributed by atoms with E-state index in [1.54, 1.807) is 14.0 Å². The molecule has 1 aromatic rings. The van der Waals surface area contributed by atoms with Crippen LogP contribution in [0.5, 0.6) is 0 Å². The first-order valence-corrected chi connectivity index (χ1v) is 4.74. The fourth-order valence-electron chi connectivity index (χ4n) is 1.27. The van der Waals surface area contributed by atoms with Crippen molar-refractivity contribution in [1.82, 2.24) is 4.90 Å². The highest BCUT2D eigenvalue weighted by Crippen LogP contribution is 2.10. The summed E-state index contributed by atoms with van der Waals surface area (Å²) in [6.45, 7) is 3.84. The first kappa shape index (κ1) is 11.3. The van der Waals surface area contributed by atoms with Crippen LogP contribution in [0.4, 0.5) is 0 Å².